The zero-order chi connectivity index (χ0) is 19.9. The highest BCUT2D eigenvalue weighted by molar-refractivity contribution is 9.10. The van der Waals surface area contributed by atoms with E-state index < -0.39 is 5.91 Å². The van der Waals surface area contributed by atoms with Crippen molar-refractivity contribution in [3.05, 3.63) is 82.0 Å². The molecule has 6 nitrogen and oxygen atoms in total. The lowest BCUT2D eigenvalue weighted by Crippen LogP contribution is -2.34. The van der Waals surface area contributed by atoms with E-state index in [2.05, 4.69) is 31.8 Å². The number of carbonyl (C=O) groups excluding carboxylic acids is 2. The topological polar surface area (TPSA) is 83.7 Å². The third-order valence-corrected chi connectivity index (χ3v) is 4.35. The van der Waals surface area contributed by atoms with Crippen molar-refractivity contribution in [2.24, 2.45) is 5.10 Å². The number of amides is 2. The van der Waals surface area contributed by atoms with Crippen LogP contribution in [0.5, 0.6) is 0 Å². The van der Waals surface area contributed by atoms with E-state index in [1.807, 2.05) is 43.3 Å². The van der Waals surface area contributed by atoms with Crippen LogP contribution < -0.4 is 10.7 Å². The molecular formula is C21H18BrN3O3. The Balaban J connectivity index is 1.48. The standard InChI is InChI=1S/C21H18BrN3O3/c1-14-3-2-4-16(11-14)21(27)23-13-20(26)25-24-12-18-9-10-19(28-18)15-5-7-17(22)8-6-15/h2-12H,13H2,1H3,(H,23,27)(H,25,26)/b24-12+. The van der Waals surface area contributed by atoms with Gasteiger partial charge in [0.2, 0.25) is 0 Å². The summed E-state index contributed by atoms with van der Waals surface area (Å²) in [6.45, 7) is 1.72. The lowest BCUT2D eigenvalue weighted by Gasteiger charge is -2.04. The molecule has 0 aliphatic rings. The maximum Gasteiger partial charge on any atom is 0.259 e. The van der Waals surface area contributed by atoms with Gasteiger partial charge < -0.3 is 9.73 Å². The lowest BCUT2D eigenvalue weighted by atomic mass is 10.1. The maximum atomic E-state index is 12.0. The normalized spacial score (nSPS) is 10.8. The van der Waals surface area contributed by atoms with Gasteiger partial charge in [-0.15, -0.1) is 0 Å². The second kappa shape index (κ2) is 9.14. The van der Waals surface area contributed by atoms with Gasteiger partial charge in [0.05, 0.1) is 12.8 Å². The Morgan fingerprint density at radius 2 is 1.89 bits per heavy atom. The van der Waals surface area contributed by atoms with Crippen LogP contribution in [0.25, 0.3) is 11.3 Å². The highest BCUT2D eigenvalue weighted by Crippen LogP contribution is 2.23. The number of rotatable bonds is 6. The zero-order valence-electron chi connectivity index (χ0n) is 15.1. The minimum absolute atomic E-state index is 0.174. The first-order valence-corrected chi connectivity index (χ1v) is 9.33. The van der Waals surface area contributed by atoms with Gasteiger partial charge >= 0.3 is 0 Å². The number of benzene rings is 2. The minimum Gasteiger partial charge on any atom is -0.455 e. The third kappa shape index (κ3) is 5.40. The number of halogens is 1. The molecule has 0 saturated carbocycles. The summed E-state index contributed by atoms with van der Waals surface area (Å²) in [6, 6.07) is 18.4. The van der Waals surface area contributed by atoms with Crippen LogP contribution in [0.3, 0.4) is 0 Å². The summed E-state index contributed by atoms with van der Waals surface area (Å²) in [5.74, 6) is 0.456. The van der Waals surface area contributed by atoms with Crippen LogP contribution in [-0.2, 0) is 4.79 Å². The Kier molecular flexibility index (Phi) is 6.39. The smallest absolute Gasteiger partial charge is 0.259 e. The molecule has 7 heteroatoms. The molecule has 2 N–H and O–H groups in total. The fraction of sp³-hybridized carbons (Fsp3) is 0.0952. The molecule has 142 valence electrons. The number of nitrogens with zero attached hydrogens (tertiary/aromatic N) is 1. The predicted octanol–water partition coefficient (Wildman–Crippen LogP) is 3.90. The SMILES string of the molecule is Cc1cccc(C(=O)NCC(=O)N/N=C/c2ccc(-c3ccc(Br)cc3)o2)c1. The molecule has 2 aromatic carbocycles. The summed E-state index contributed by atoms with van der Waals surface area (Å²) in [4.78, 5) is 23.8. The van der Waals surface area contributed by atoms with Crippen LogP contribution in [-0.4, -0.2) is 24.6 Å². The number of hydrazone groups is 1. The molecule has 0 bridgehead atoms. The molecule has 0 saturated heterocycles. The molecule has 2 amide bonds. The van der Waals surface area contributed by atoms with E-state index in [1.54, 1.807) is 24.3 Å². The van der Waals surface area contributed by atoms with Crippen LogP contribution in [0, 0.1) is 6.92 Å². The van der Waals surface area contributed by atoms with E-state index in [1.165, 1.54) is 6.21 Å². The monoisotopic (exact) mass is 439 g/mol. The van der Waals surface area contributed by atoms with Gasteiger partial charge in [0.1, 0.15) is 11.5 Å². The van der Waals surface area contributed by atoms with Crippen molar-refractivity contribution >= 4 is 34.0 Å². The third-order valence-electron chi connectivity index (χ3n) is 3.83. The summed E-state index contributed by atoms with van der Waals surface area (Å²) in [5, 5.41) is 6.40. The Hall–Kier alpha value is -3.19. The molecule has 28 heavy (non-hydrogen) atoms. The van der Waals surface area contributed by atoms with Gasteiger partial charge in [0.15, 0.2) is 0 Å². The quantitative estimate of drug-likeness (QED) is 0.451. The highest BCUT2D eigenvalue weighted by Gasteiger charge is 2.08. The maximum absolute atomic E-state index is 12.0. The van der Waals surface area contributed by atoms with Gasteiger partial charge in [0.25, 0.3) is 11.8 Å². The van der Waals surface area contributed by atoms with Crippen molar-refractivity contribution in [1.82, 2.24) is 10.7 Å². The Labute approximate surface area is 170 Å². The van der Waals surface area contributed by atoms with E-state index in [0.29, 0.717) is 17.1 Å². The van der Waals surface area contributed by atoms with Crippen LogP contribution >= 0.6 is 15.9 Å². The Morgan fingerprint density at radius 1 is 1.11 bits per heavy atom. The summed E-state index contributed by atoms with van der Waals surface area (Å²) in [6.07, 6.45) is 1.41. The number of hydrogen-bond acceptors (Lipinski definition) is 4. The number of hydrogen-bond donors (Lipinski definition) is 2. The van der Waals surface area contributed by atoms with Crippen molar-refractivity contribution in [2.75, 3.05) is 6.54 Å². The van der Waals surface area contributed by atoms with Crippen molar-refractivity contribution in [3.63, 3.8) is 0 Å². The highest BCUT2D eigenvalue weighted by atomic mass is 79.9. The number of aryl methyl sites for hydroxylation is 1. The molecule has 3 rings (SSSR count). The number of furan rings is 1. The summed E-state index contributed by atoms with van der Waals surface area (Å²) < 4.78 is 6.66. The lowest BCUT2D eigenvalue weighted by molar-refractivity contribution is -0.120. The van der Waals surface area contributed by atoms with E-state index >= 15 is 0 Å². The molecule has 0 spiro atoms. The van der Waals surface area contributed by atoms with E-state index in [-0.39, 0.29) is 12.5 Å². The Morgan fingerprint density at radius 3 is 2.64 bits per heavy atom. The second-order valence-electron chi connectivity index (χ2n) is 6.05. The summed E-state index contributed by atoms with van der Waals surface area (Å²) in [7, 11) is 0. The fourth-order valence-electron chi connectivity index (χ4n) is 2.45. The molecule has 1 aromatic heterocycles. The predicted molar refractivity (Wildman–Crippen MR) is 111 cm³/mol. The van der Waals surface area contributed by atoms with Crippen LogP contribution in [0.4, 0.5) is 0 Å². The van der Waals surface area contributed by atoms with Gasteiger partial charge in [-0.1, -0.05) is 45.8 Å². The first-order valence-electron chi connectivity index (χ1n) is 8.54. The number of nitrogens with one attached hydrogen (secondary N) is 2. The summed E-state index contributed by atoms with van der Waals surface area (Å²) in [5.41, 5.74) is 4.77. The van der Waals surface area contributed by atoms with Gasteiger partial charge in [-0.05, 0) is 43.3 Å². The first-order chi connectivity index (χ1) is 13.5. The van der Waals surface area contributed by atoms with Crippen molar-refractivity contribution in [1.29, 1.82) is 0 Å². The summed E-state index contributed by atoms with van der Waals surface area (Å²) >= 11 is 3.39. The molecule has 0 radical (unpaired) electrons. The molecular weight excluding hydrogens is 422 g/mol. The Bertz CT molecular complexity index is 1010. The van der Waals surface area contributed by atoms with Crippen LogP contribution in [0.2, 0.25) is 0 Å². The van der Waals surface area contributed by atoms with E-state index in [9.17, 15) is 9.59 Å². The first kappa shape index (κ1) is 19.6. The number of carbonyl (C=O) groups is 2. The largest absolute Gasteiger partial charge is 0.455 e. The van der Waals surface area contributed by atoms with Crippen molar-refractivity contribution in [2.45, 2.75) is 6.92 Å². The van der Waals surface area contributed by atoms with Crippen LogP contribution in [0.15, 0.2) is 74.7 Å². The van der Waals surface area contributed by atoms with E-state index in [0.717, 1.165) is 15.6 Å². The van der Waals surface area contributed by atoms with Gasteiger partial charge in [-0.2, -0.15) is 5.10 Å². The van der Waals surface area contributed by atoms with Crippen molar-refractivity contribution < 1.29 is 14.0 Å². The van der Waals surface area contributed by atoms with Gasteiger partial charge in [0, 0.05) is 15.6 Å². The molecule has 0 aliphatic carbocycles. The molecule has 1 heterocycles. The second-order valence-corrected chi connectivity index (χ2v) is 6.97. The fourth-order valence-corrected chi connectivity index (χ4v) is 2.71. The molecule has 0 fully saturated rings. The minimum atomic E-state index is -0.433. The van der Waals surface area contributed by atoms with Crippen LogP contribution in [0.1, 0.15) is 21.7 Å². The average molecular weight is 440 g/mol. The molecule has 0 atom stereocenters. The zero-order valence-corrected chi connectivity index (χ0v) is 16.7. The molecule has 3 aromatic rings. The molecule has 0 unspecified atom stereocenters. The average Bonchev–Trinajstić information content (AvgIpc) is 3.15. The van der Waals surface area contributed by atoms with Crippen molar-refractivity contribution in [3.8, 4) is 11.3 Å². The van der Waals surface area contributed by atoms with Gasteiger partial charge in [-0.25, -0.2) is 5.43 Å². The van der Waals surface area contributed by atoms with Gasteiger partial charge in [-0.3, -0.25) is 9.59 Å². The van der Waals surface area contributed by atoms with E-state index in [4.69, 9.17) is 4.42 Å². The molecule has 0 aliphatic heterocycles.